The standard InChI is InChI=1S/C17H26N4O3/c1-12-10-21(11-13(2)24-12)15-8-6-5-7-14(15)19-17(23)18-9-16(22)20(3)4/h5-8,12-13H,9-11H2,1-4H3,(H2,18,19,23)/t12-,13-/m1/s1. The highest BCUT2D eigenvalue weighted by Gasteiger charge is 2.24. The van der Waals surface area contributed by atoms with E-state index in [9.17, 15) is 9.59 Å². The van der Waals surface area contributed by atoms with Gasteiger partial charge in [0.15, 0.2) is 0 Å². The lowest BCUT2D eigenvalue weighted by atomic mass is 10.1. The number of hydrogen-bond donors (Lipinski definition) is 2. The summed E-state index contributed by atoms with van der Waals surface area (Å²) >= 11 is 0. The highest BCUT2D eigenvalue weighted by Crippen LogP contribution is 2.28. The number of anilines is 2. The Morgan fingerprint density at radius 1 is 1.21 bits per heavy atom. The van der Waals surface area contributed by atoms with Gasteiger partial charge in [-0.3, -0.25) is 4.79 Å². The van der Waals surface area contributed by atoms with Crippen molar-refractivity contribution in [3.8, 4) is 0 Å². The van der Waals surface area contributed by atoms with Gasteiger partial charge < -0.3 is 25.2 Å². The van der Waals surface area contributed by atoms with Gasteiger partial charge in [0.05, 0.1) is 30.1 Å². The topological polar surface area (TPSA) is 73.9 Å². The van der Waals surface area contributed by atoms with Crippen LogP contribution in [0.25, 0.3) is 0 Å². The molecular formula is C17H26N4O3. The SMILES string of the molecule is C[C@@H]1CN(c2ccccc2NC(=O)NCC(=O)N(C)C)C[C@@H](C)O1. The number of likely N-dealkylation sites (N-methyl/N-ethyl adjacent to an activating group) is 1. The second kappa shape index (κ2) is 8.01. The summed E-state index contributed by atoms with van der Waals surface area (Å²) in [7, 11) is 3.30. The van der Waals surface area contributed by atoms with Crippen LogP contribution >= 0.6 is 0 Å². The van der Waals surface area contributed by atoms with E-state index in [-0.39, 0.29) is 24.7 Å². The van der Waals surface area contributed by atoms with Crippen LogP contribution < -0.4 is 15.5 Å². The van der Waals surface area contributed by atoms with E-state index in [1.807, 2.05) is 38.1 Å². The summed E-state index contributed by atoms with van der Waals surface area (Å²) < 4.78 is 5.76. The van der Waals surface area contributed by atoms with Crippen molar-refractivity contribution >= 4 is 23.3 Å². The normalized spacial score (nSPS) is 20.4. The van der Waals surface area contributed by atoms with Crippen molar-refractivity contribution in [2.45, 2.75) is 26.1 Å². The molecule has 2 atom stereocenters. The van der Waals surface area contributed by atoms with Gasteiger partial charge in [0.25, 0.3) is 0 Å². The maximum absolute atomic E-state index is 12.1. The third-order valence-corrected chi connectivity index (χ3v) is 3.81. The molecule has 0 aromatic heterocycles. The van der Waals surface area contributed by atoms with Crippen LogP contribution in [-0.4, -0.2) is 62.8 Å². The Hall–Kier alpha value is -2.28. The summed E-state index contributed by atoms with van der Waals surface area (Å²) in [5, 5.41) is 5.40. The third-order valence-electron chi connectivity index (χ3n) is 3.81. The maximum atomic E-state index is 12.1. The molecule has 3 amide bonds. The lowest BCUT2D eigenvalue weighted by Crippen LogP contribution is -2.46. The molecule has 1 aromatic rings. The predicted octanol–water partition coefficient (Wildman–Crippen LogP) is 1.51. The molecule has 0 saturated carbocycles. The van der Waals surface area contributed by atoms with Crippen molar-refractivity contribution in [2.24, 2.45) is 0 Å². The number of hydrogen-bond acceptors (Lipinski definition) is 4. The molecule has 2 rings (SSSR count). The molecule has 1 heterocycles. The van der Waals surface area contributed by atoms with Crippen molar-refractivity contribution in [2.75, 3.05) is 43.9 Å². The fraction of sp³-hybridized carbons (Fsp3) is 0.529. The number of para-hydroxylation sites is 2. The van der Waals surface area contributed by atoms with E-state index in [4.69, 9.17) is 4.74 Å². The Labute approximate surface area is 142 Å². The number of nitrogens with zero attached hydrogens (tertiary/aromatic N) is 2. The van der Waals surface area contributed by atoms with Gasteiger partial charge in [0.2, 0.25) is 5.91 Å². The Bertz CT molecular complexity index is 581. The van der Waals surface area contributed by atoms with E-state index >= 15 is 0 Å². The van der Waals surface area contributed by atoms with Crippen molar-refractivity contribution in [1.82, 2.24) is 10.2 Å². The van der Waals surface area contributed by atoms with Gasteiger partial charge in [0, 0.05) is 27.2 Å². The van der Waals surface area contributed by atoms with Crippen LogP contribution in [0.15, 0.2) is 24.3 Å². The Morgan fingerprint density at radius 3 is 2.46 bits per heavy atom. The molecule has 2 N–H and O–H groups in total. The van der Waals surface area contributed by atoms with E-state index in [1.54, 1.807) is 14.1 Å². The minimum atomic E-state index is -0.396. The number of nitrogens with one attached hydrogen (secondary N) is 2. The molecule has 7 nitrogen and oxygen atoms in total. The highest BCUT2D eigenvalue weighted by molar-refractivity contribution is 5.95. The zero-order valence-electron chi connectivity index (χ0n) is 14.7. The number of urea groups is 1. The van der Waals surface area contributed by atoms with Gasteiger partial charge in [-0.25, -0.2) is 4.79 Å². The number of morpholine rings is 1. The number of carbonyl (C=O) groups excluding carboxylic acids is 2. The highest BCUT2D eigenvalue weighted by atomic mass is 16.5. The quantitative estimate of drug-likeness (QED) is 0.875. The van der Waals surface area contributed by atoms with E-state index in [0.717, 1.165) is 18.8 Å². The number of rotatable bonds is 4. The largest absolute Gasteiger partial charge is 0.372 e. The summed E-state index contributed by atoms with van der Waals surface area (Å²) in [4.78, 5) is 27.3. The lowest BCUT2D eigenvalue weighted by Gasteiger charge is -2.37. The smallest absolute Gasteiger partial charge is 0.319 e. The summed E-state index contributed by atoms with van der Waals surface area (Å²) in [5.74, 6) is -0.158. The van der Waals surface area contributed by atoms with Crippen LogP contribution in [0.3, 0.4) is 0 Å². The first kappa shape index (κ1) is 18.1. The van der Waals surface area contributed by atoms with Crippen LogP contribution in [0.2, 0.25) is 0 Å². The fourth-order valence-corrected chi connectivity index (χ4v) is 2.71. The fourth-order valence-electron chi connectivity index (χ4n) is 2.71. The average Bonchev–Trinajstić information content (AvgIpc) is 2.52. The molecule has 132 valence electrons. The maximum Gasteiger partial charge on any atom is 0.319 e. The Balaban J connectivity index is 2.03. The molecule has 1 saturated heterocycles. The molecule has 24 heavy (non-hydrogen) atoms. The molecule has 1 aliphatic rings. The summed E-state index contributed by atoms with van der Waals surface area (Å²) in [6.45, 7) is 5.58. The zero-order chi connectivity index (χ0) is 17.7. The van der Waals surface area contributed by atoms with Gasteiger partial charge in [-0.1, -0.05) is 12.1 Å². The van der Waals surface area contributed by atoms with Crippen LogP contribution in [0.1, 0.15) is 13.8 Å². The Morgan fingerprint density at radius 2 is 1.83 bits per heavy atom. The van der Waals surface area contributed by atoms with Gasteiger partial charge in [-0.2, -0.15) is 0 Å². The van der Waals surface area contributed by atoms with Gasteiger partial charge in [-0.15, -0.1) is 0 Å². The summed E-state index contributed by atoms with van der Waals surface area (Å²) in [6.07, 6.45) is 0.265. The number of amides is 3. The van der Waals surface area contributed by atoms with Crippen molar-refractivity contribution in [3.63, 3.8) is 0 Å². The molecule has 1 fully saturated rings. The van der Waals surface area contributed by atoms with Crippen LogP contribution in [0, 0.1) is 0 Å². The van der Waals surface area contributed by atoms with E-state index in [2.05, 4.69) is 15.5 Å². The van der Waals surface area contributed by atoms with Crippen molar-refractivity contribution < 1.29 is 14.3 Å². The predicted molar refractivity (Wildman–Crippen MR) is 94.4 cm³/mol. The molecule has 0 unspecified atom stereocenters. The van der Waals surface area contributed by atoms with Gasteiger partial charge >= 0.3 is 6.03 Å². The first-order valence-electron chi connectivity index (χ1n) is 8.11. The zero-order valence-corrected chi connectivity index (χ0v) is 14.7. The lowest BCUT2D eigenvalue weighted by molar-refractivity contribution is -0.127. The van der Waals surface area contributed by atoms with Gasteiger partial charge in [0.1, 0.15) is 0 Å². The Kier molecular flexibility index (Phi) is 6.03. The number of carbonyl (C=O) groups is 2. The molecule has 0 bridgehead atoms. The van der Waals surface area contributed by atoms with Crippen LogP contribution in [-0.2, 0) is 9.53 Å². The van der Waals surface area contributed by atoms with E-state index in [0.29, 0.717) is 5.69 Å². The molecule has 1 aliphatic heterocycles. The third kappa shape index (κ3) is 4.86. The van der Waals surface area contributed by atoms with Gasteiger partial charge in [-0.05, 0) is 26.0 Å². The molecule has 0 radical (unpaired) electrons. The molecule has 7 heteroatoms. The van der Waals surface area contributed by atoms with Crippen LogP contribution in [0.4, 0.5) is 16.2 Å². The van der Waals surface area contributed by atoms with E-state index in [1.165, 1.54) is 4.90 Å². The minimum Gasteiger partial charge on any atom is -0.372 e. The first-order valence-corrected chi connectivity index (χ1v) is 8.11. The first-order chi connectivity index (χ1) is 11.4. The molecular weight excluding hydrogens is 308 g/mol. The number of benzene rings is 1. The summed E-state index contributed by atoms with van der Waals surface area (Å²) in [6, 6.07) is 7.25. The van der Waals surface area contributed by atoms with E-state index < -0.39 is 6.03 Å². The summed E-state index contributed by atoms with van der Waals surface area (Å²) in [5.41, 5.74) is 1.67. The average molecular weight is 334 g/mol. The number of ether oxygens (including phenoxy) is 1. The second-order valence-electron chi connectivity index (χ2n) is 6.28. The minimum absolute atomic E-state index is 0.0351. The van der Waals surface area contributed by atoms with Crippen molar-refractivity contribution in [1.29, 1.82) is 0 Å². The second-order valence-corrected chi connectivity index (χ2v) is 6.28. The molecule has 0 spiro atoms. The monoisotopic (exact) mass is 334 g/mol. The molecule has 1 aromatic carbocycles. The van der Waals surface area contributed by atoms with Crippen molar-refractivity contribution in [3.05, 3.63) is 24.3 Å². The molecule has 0 aliphatic carbocycles. The van der Waals surface area contributed by atoms with Crippen LogP contribution in [0.5, 0.6) is 0 Å².